The lowest BCUT2D eigenvalue weighted by Crippen LogP contribution is -1.99. The molecule has 2 rings (SSSR count). The third kappa shape index (κ3) is 3.09. The van der Waals surface area contributed by atoms with Gasteiger partial charge in [-0.25, -0.2) is 0 Å². The van der Waals surface area contributed by atoms with Crippen LogP contribution >= 0.6 is 43.2 Å². The Labute approximate surface area is 121 Å². The molecule has 0 unspecified atom stereocenters. The summed E-state index contributed by atoms with van der Waals surface area (Å²) in [5, 5.41) is 12.2. The number of anilines is 1. The number of rotatable bonds is 3. The fourth-order valence-corrected chi connectivity index (χ4v) is 3.51. The molecule has 0 aliphatic rings. The van der Waals surface area contributed by atoms with Crippen LogP contribution in [0.2, 0.25) is 0 Å². The van der Waals surface area contributed by atoms with Crippen LogP contribution in [0.15, 0.2) is 38.6 Å². The Bertz CT molecular complexity index is 553. The van der Waals surface area contributed by atoms with Crippen molar-refractivity contribution < 1.29 is 0 Å². The van der Waals surface area contributed by atoms with Gasteiger partial charge in [-0.2, -0.15) is 5.26 Å². The van der Waals surface area contributed by atoms with E-state index in [1.807, 2.05) is 24.3 Å². The highest BCUT2D eigenvalue weighted by atomic mass is 79.9. The molecule has 0 radical (unpaired) electrons. The molecule has 0 saturated carbocycles. The summed E-state index contributed by atoms with van der Waals surface area (Å²) in [4.78, 5) is 1.21. The third-order valence-electron chi connectivity index (χ3n) is 2.20. The molecule has 0 atom stereocenters. The molecule has 86 valence electrons. The van der Waals surface area contributed by atoms with Gasteiger partial charge in [0, 0.05) is 15.9 Å². The molecule has 2 aromatic rings. The van der Waals surface area contributed by atoms with Gasteiger partial charge in [-0.3, -0.25) is 0 Å². The SMILES string of the molecule is N#Cc1ccccc1NCc1cc(Br)c(Br)s1. The second-order valence-electron chi connectivity index (χ2n) is 3.35. The van der Waals surface area contributed by atoms with Crippen molar-refractivity contribution in [1.82, 2.24) is 0 Å². The second kappa shape index (κ2) is 5.67. The number of nitrogens with zero attached hydrogens (tertiary/aromatic N) is 1. The van der Waals surface area contributed by atoms with Crippen molar-refractivity contribution in [3.05, 3.63) is 49.0 Å². The molecule has 1 aromatic heterocycles. The van der Waals surface area contributed by atoms with E-state index in [0.29, 0.717) is 12.1 Å². The average molecular weight is 372 g/mol. The minimum absolute atomic E-state index is 0.669. The summed E-state index contributed by atoms with van der Waals surface area (Å²) in [6.45, 7) is 0.716. The zero-order valence-electron chi connectivity index (χ0n) is 8.71. The Morgan fingerprint density at radius 2 is 2.06 bits per heavy atom. The maximum absolute atomic E-state index is 8.96. The van der Waals surface area contributed by atoms with Gasteiger partial charge in [-0.1, -0.05) is 12.1 Å². The van der Waals surface area contributed by atoms with E-state index in [-0.39, 0.29) is 0 Å². The molecule has 0 bridgehead atoms. The van der Waals surface area contributed by atoms with Gasteiger partial charge in [-0.15, -0.1) is 11.3 Å². The van der Waals surface area contributed by atoms with Crippen molar-refractivity contribution in [2.75, 3.05) is 5.32 Å². The first-order valence-corrected chi connectivity index (χ1v) is 7.27. The topological polar surface area (TPSA) is 35.8 Å². The highest BCUT2D eigenvalue weighted by Crippen LogP contribution is 2.32. The summed E-state index contributed by atoms with van der Waals surface area (Å²) in [6, 6.07) is 11.7. The smallest absolute Gasteiger partial charge is 0.101 e. The van der Waals surface area contributed by atoms with Crippen molar-refractivity contribution >= 4 is 48.9 Å². The number of thiophene rings is 1. The van der Waals surface area contributed by atoms with E-state index in [4.69, 9.17) is 5.26 Å². The highest BCUT2D eigenvalue weighted by molar-refractivity contribution is 9.13. The first-order chi connectivity index (χ1) is 8.20. The standard InChI is InChI=1S/C12H8Br2N2S/c13-10-5-9(17-12(10)14)7-16-11-4-2-1-3-8(11)6-15/h1-5,16H,7H2. The van der Waals surface area contributed by atoms with Gasteiger partial charge in [0.15, 0.2) is 0 Å². The van der Waals surface area contributed by atoms with Crippen molar-refractivity contribution in [2.45, 2.75) is 6.54 Å². The van der Waals surface area contributed by atoms with E-state index in [2.05, 4.69) is 49.3 Å². The minimum atomic E-state index is 0.669. The Kier molecular flexibility index (Phi) is 4.21. The highest BCUT2D eigenvalue weighted by Gasteiger charge is 2.05. The van der Waals surface area contributed by atoms with E-state index in [0.717, 1.165) is 13.9 Å². The van der Waals surface area contributed by atoms with Gasteiger partial charge in [0.1, 0.15) is 6.07 Å². The number of benzene rings is 1. The Morgan fingerprint density at radius 1 is 1.29 bits per heavy atom. The van der Waals surface area contributed by atoms with Gasteiger partial charge in [-0.05, 0) is 50.1 Å². The third-order valence-corrected chi connectivity index (χ3v) is 5.45. The average Bonchev–Trinajstić information content (AvgIpc) is 2.66. The number of nitriles is 1. The van der Waals surface area contributed by atoms with E-state index in [1.54, 1.807) is 11.3 Å². The molecule has 1 heterocycles. The van der Waals surface area contributed by atoms with Crippen molar-refractivity contribution in [2.24, 2.45) is 0 Å². The molecule has 0 amide bonds. The number of hydrogen-bond acceptors (Lipinski definition) is 3. The summed E-state index contributed by atoms with van der Waals surface area (Å²) < 4.78 is 2.15. The van der Waals surface area contributed by atoms with Gasteiger partial charge < -0.3 is 5.32 Å². The summed E-state index contributed by atoms with van der Waals surface area (Å²) in [5.74, 6) is 0. The van der Waals surface area contributed by atoms with Crippen molar-refractivity contribution in [3.63, 3.8) is 0 Å². The van der Waals surface area contributed by atoms with Crippen LogP contribution < -0.4 is 5.32 Å². The van der Waals surface area contributed by atoms with Crippen LogP contribution in [0.1, 0.15) is 10.4 Å². The maximum Gasteiger partial charge on any atom is 0.101 e. The largest absolute Gasteiger partial charge is 0.379 e. The lowest BCUT2D eigenvalue weighted by molar-refractivity contribution is 1.19. The zero-order chi connectivity index (χ0) is 12.3. The molecule has 17 heavy (non-hydrogen) atoms. The molecule has 0 saturated heterocycles. The van der Waals surface area contributed by atoms with Gasteiger partial charge in [0.05, 0.1) is 15.0 Å². The monoisotopic (exact) mass is 370 g/mol. The molecule has 5 heteroatoms. The van der Waals surface area contributed by atoms with Crippen LogP contribution in [0.5, 0.6) is 0 Å². The van der Waals surface area contributed by atoms with Gasteiger partial charge in [0.2, 0.25) is 0 Å². The van der Waals surface area contributed by atoms with E-state index in [1.165, 1.54) is 4.88 Å². The Morgan fingerprint density at radius 3 is 2.71 bits per heavy atom. The summed E-state index contributed by atoms with van der Waals surface area (Å²) >= 11 is 8.59. The van der Waals surface area contributed by atoms with Crippen LogP contribution in [0.25, 0.3) is 0 Å². The lowest BCUT2D eigenvalue weighted by atomic mass is 10.2. The first-order valence-electron chi connectivity index (χ1n) is 4.87. The first kappa shape index (κ1) is 12.6. The van der Waals surface area contributed by atoms with Crippen molar-refractivity contribution in [1.29, 1.82) is 5.26 Å². The van der Waals surface area contributed by atoms with E-state index in [9.17, 15) is 0 Å². The van der Waals surface area contributed by atoms with Crippen LogP contribution in [0.3, 0.4) is 0 Å². The van der Waals surface area contributed by atoms with E-state index < -0.39 is 0 Å². The van der Waals surface area contributed by atoms with Crippen LogP contribution in [0, 0.1) is 11.3 Å². The Balaban J connectivity index is 2.10. The molecule has 0 aliphatic carbocycles. The molecule has 1 N–H and O–H groups in total. The lowest BCUT2D eigenvalue weighted by Gasteiger charge is -2.05. The second-order valence-corrected chi connectivity index (χ2v) is 6.65. The number of nitrogens with one attached hydrogen (secondary N) is 1. The predicted molar refractivity (Wildman–Crippen MR) is 78.2 cm³/mol. The van der Waals surface area contributed by atoms with Gasteiger partial charge >= 0.3 is 0 Å². The quantitative estimate of drug-likeness (QED) is 0.844. The predicted octanol–water partition coefficient (Wildman–Crippen LogP) is 4.76. The fraction of sp³-hybridized carbons (Fsp3) is 0.0833. The molecule has 2 nitrogen and oxygen atoms in total. The minimum Gasteiger partial charge on any atom is -0.379 e. The number of hydrogen-bond donors (Lipinski definition) is 1. The summed E-state index contributed by atoms with van der Waals surface area (Å²) in [7, 11) is 0. The van der Waals surface area contributed by atoms with Gasteiger partial charge in [0.25, 0.3) is 0 Å². The molecule has 0 fully saturated rings. The number of halogens is 2. The molecular formula is C12H8Br2N2S. The number of para-hydroxylation sites is 1. The normalized spacial score (nSPS) is 9.94. The van der Waals surface area contributed by atoms with E-state index >= 15 is 0 Å². The van der Waals surface area contributed by atoms with Crippen molar-refractivity contribution in [3.8, 4) is 6.07 Å². The summed E-state index contributed by atoms with van der Waals surface area (Å²) in [6.07, 6.45) is 0. The molecule has 1 aromatic carbocycles. The summed E-state index contributed by atoms with van der Waals surface area (Å²) in [5.41, 5.74) is 1.54. The van der Waals surface area contributed by atoms with Crippen LogP contribution in [-0.4, -0.2) is 0 Å². The maximum atomic E-state index is 8.96. The van der Waals surface area contributed by atoms with Crippen LogP contribution in [-0.2, 0) is 6.54 Å². The molecule has 0 aliphatic heterocycles. The molecular weight excluding hydrogens is 364 g/mol. The molecule has 0 spiro atoms. The fourth-order valence-electron chi connectivity index (χ4n) is 1.40. The zero-order valence-corrected chi connectivity index (χ0v) is 12.7. The Hall–Kier alpha value is -0.830. The van der Waals surface area contributed by atoms with Crippen LogP contribution in [0.4, 0.5) is 5.69 Å².